The van der Waals surface area contributed by atoms with Gasteiger partial charge in [-0.3, -0.25) is 10.3 Å². The van der Waals surface area contributed by atoms with E-state index in [0.29, 0.717) is 13.2 Å². The number of para-hydroxylation sites is 2. The molecule has 6 heteroatoms. The van der Waals surface area contributed by atoms with Gasteiger partial charge in [-0.05, 0) is 19.1 Å². The summed E-state index contributed by atoms with van der Waals surface area (Å²) in [4.78, 5) is 15.9. The zero-order chi connectivity index (χ0) is 15.9. The Bertz CT molecular complexity index is 525. The van der Waals surface area contributed by atoms with Crippen molar-refractivity contribution in [3.05, 3.63) is 24.3 Å². The molecule has 0 spiro atoms. The van der Waals surface area contributed by atoms with Gasteiger partial charge < -0.3 is 14.4 Å². The third-order valence-electron chi connectivity index (χ3n) is 3.70. The van der Waals surface area contributed by atoms with E-state index in [9.17, 15) is 4.79 Å². The number of benzene rings is 1. The third-order valence-corrected chi connectivity index (χ3v) is 3.70. The second kappa shape index (κ2) is 7.79. The molecule has 6 nitrogen and oxygen atoms in total. The third kappa shape index (κ3) is 3.98. The number of methoxy groups -OCH3 is 1. The fraction of sp³-hybridized carbons (Fsp3) is 0.500. The van der Waals surface area contributed by atoms with Gasteiger partial charge in [-0.2, -0.15) is 0 Å². The van der Waals surface area contributed by atoms with Crippen LogP contribution in [-0.4, -0.2) is 63.0 Å². The van der Waals surface area contributed by atoms with Gasteiger partial charge in [-0.15, -0.1) is 0 Å². The van der Waals surface area contributed by atoms with Crippen molar-refractivity contribution in [1.82, 2.24) is 4.90 Å². The quantitative estimate of drug-likeness (QED) is 0.636. The Morgan fingerprint density at radius 1 is 1.23 bits per heavy atom. The summed E-state index contributed by atoms with van der Waals surface area (Å²) in [5, 5.41) is 7.76. The highest BCUT2D eigenvalue weighted by atomic mass is 16.5. The summed E-state index contributed by atoms with van der Waals surface area (Å²) < 4.78 is 10.2. The summed E-state index contributed by atoms with van der Waals surface area (Å²) in [5.74, 6) is 0.352. The van der Waals surface area contributed by atoms with E-state index in [1.807, 2.05) is 18.2 Å². The minimum absolute atomic E-state index is 0.0209. The molecule has 1 aromatic rings. The lowest BCUT2D eigenvalue weighted by Gasteiger charge is -2.36. The lowest BCUT2D eigenvalue weighted by atomic mass is 10.2. The van der Waals surface area contributed by atoms with E-state index in [1.54, 1.807) is 14.0 Å². The minimum Gasteiger partial charge on any atom is -0.495 e. The number of esters is 1. The number of hydrogen-bond donors (Lipinski definition) is 1. The Morgan fingerprint density at radius 2 is 1.91 bits per heavy atom. The molecule has 0 saturated carbocycles. The summed E-state index contributed by atoms with van der Waals surface area (Å²) in [6, 6.07) is 7.97. The number of nitrogens with zero attached hydrogens (tertiary/aromatic N) is 2. The largest absolute Gasteiger partial charge is 0.495 e. The fourth-order valence-corrected chi connectivity index (χ4v) is 2.54. The van der Waals surface area contributed by atoms with Crippen molar-refractivity contribution in [3.63, 3.8) is 0 Å². The van der Waals surface area contributed by atoms with Gasteiger partial charge in [0.05, 0.1) is 19.4 Å². The lowest BCUT2D eigenvalue weighted by Crippen LogP contribution is -2.48. The first-order valence-corrected chi connectivity index (χ1v) is 7.50. The number of piperazine rings is 1. The van der Waals surface area contributed by atoms with E-state index in [-0.39, 0.29) is 5.71 Å². The molecule has 1 N–H and O–H groups in total. The molecule has 1 saturated heterocycles. The molecule has 0 radical (unpaired) electrons. The van der Waals surface area contributed by atoms with Crippen LogP contribution in [0.2, 0.25) is 0 Å². The molecule has 0 atom stereocenters. The number of ether oxygens (including phenoxy) is 2. The van der Waals surface area contributed by atoms with Crippen LogP contribution in [0.1, 0.15) is 6.92 Å². The predicted molar refractivity (Wildman–Crippen MR) is 86.0 cm³/mol. The van der Waals surface area contributed by atoms with Crippen LogP contribution in [0, 0.1) is 5.41 Å². The number of hydrogen-bond acceptors (Lipinski definition) is 6. The zero-order valence-corrected chi connectivity index (χ0v) is 13.2. The zero-order valence-electron chi connectivity index (χ0n) is 13.2. The molecule has 0 aromatic heterocycles. The van der Waals surface area contributed by atoms with E-state index in [0.717, 1.165) is 37.6 Å². The molecule has 0 unspecified atom stereocenters. The van der Waals surface area contributed by atoms with Gasteiger partial charge in [0.25, 0.3) is 0 Å². The summed E-state index contributed by atoms with van der Waals surface area (Å²) in [6.45, 7) is 5.70. The van der Waals surface area contributed by atoms with E-state index < -0.39 is 5.97 Å². The highest BCUT2D eigenvalue weighted by Crippen LogP contribution is 2.28. The Labute approximate surface area is 131 Å². The van der Waals surface area contributed by atoms with Crippen molar-refractivity contribution < 1.29 is 14.3 Å². The van der Waals surface area contributed by atoms with Gasteiger partial charge in [0, 0.05) is 32.7 Å². The van der Waals surface area contributed by atoms with Gasteiger partial charge in [0.2, 0.25) is 0 Å². The topological polar surface area (TPSA) is 65.9 Å². The van der Waals surface area contributed by atoms with Crippen LogP contribution in [-0.2, 0) is 9.53 Å². The SMILES string of the molecule is CCOC(=O)C(=N)CN1CCN(c2ccccc2OC)CC1. The van der Waals surface area contributed by atoms with Gasteiger partial charge >= 0.3 is 5.97 Å². The van der Waals surface area contributed by atoms with E-state index >= 15 is 0 Å². The van der Waals surface area contributed by atoms with Gasteiger partial charge in [-0.25, -0.2) is 4.79 Å². The van der Waals surface area contributed by atoms with E-state index in [1.165, 1.54) is 0 Å². The number of carbonyl (C=O) groups excluding carboxylic acids is 1. The van der Waals surface area contributed by atoms with Crippen molar-refractivity contribution >= 4 is 17.4 Å². The standard InChI is InChI=1S/C16H23N3O3/c1-3-22-16(20)13(17)12-18-8-10-19(11-9-18)14-6-4-5-7-15(14)21-2/h4-7,17H,3,8-12H2,1-2H3. The van der Waals surface area contributed by atoms with Crippen LogP contribution in [0.5, 0.6) is 5.75 Å². The van der Waals surface area contributed by atoms with Crippen LogP contribution in [0.4, 0.5) is 5.69 Å². The molecular weight excluding hydrogens is 282 g/mol. The fourth-order valence-electron chi connectivity index (χ4n) is 2.54. The summed E-state index contributed by atoms with van der Waals surface area (Å²) in [5.41, 5.74) is 1.11. The van der Waals surface area contributed by atoms with E-state index in [2.05, 4.69) is 15.9 Å². The Balaban J connectivity index is 1.88. The van der Waals surface area contributed by atoms with Crippen molar-refractivity contribution in [3.8, 4) is 5.75 Å². The lowest BCUT2D eigenvalue weighted by molar-refractivity contribution is -0.135. The molecule has 1 aromatic carbocycles. The maximum atomic E-state index is 11.5. The highest BCUT2D eigenvalue weighted by molar-refractivity contribution is 6.35. The molecule has 22 heavy (non-hydrogen) atoms. The van der Waals surface area contributed by atoms with Crippen molar-refractivity contribution in [2.45, 2.75) is 6.92 Å². The normalized spacial score (nSPS) is 15.5. The average Bonchev–Trinajstić information content (AvgIpc) is 2.55. The summed E-state index contributed by atoms with van der Waals surface area (Å²) in [6.07, 6.45) is 0. The maximum Gasteiger partial charge on any atom is 0.353 e. The molecule has 1 heterocycles. The van der Waals surface area contributed by atoms with Gasteiger partial charge in [-0.1, -0.05) is 12.1 Å². The second-order valence-corrected chi connectivity index (χ2v) is 5.13. The van der Waals surface area contributed by atoms with Crippen LogP contribution < -0.4 is 9.64 Å². The number of anilines is 1. The first-order valence-electron chi connectivity index (χ1n) is 7.50. The first kappa shape index (κ1) is 16.3. The minimum atomic E-state index is -0.519. The molecule has 1 fully saturated rings. The molecule has 2 rings (SSSR count). The van der Waals surface area contributed by atoms with Crippen molar-refractivity contribution in [1.29, 1.82) is 5.41 Å². The second-order valence-electron chi connectivity index (χ2n) is 5.13. The molecule has 1 aliphatic heterocycles. The first-order chi connectivity index (χ1) is 10.7. The molecule has 120 valence electrons. The van der Waals surface area contributed by atoms with Gasteiger partial charge in [0.15, 0.2) is 0 Å². The molecular formula is C16H23N3O3. The van der Waals surface area contributed by atoms with Gasteiger partial charge in [0.1, 0.15) is 11.5 Å². The maximum absolute atomic E-state index is 11.5. The summed E-state index contributed by atoms with van der Waals surface area (Å²) in [7, 11) is 1.68. The van der Waals surface area contributed by atoms with Crippen molar-refractivity contribution in [2.75, 3.05) is 51.3 Å². The number of nitrogens with one attached hydrogen (secondary N) is 1. The number of rotatable bonds is 6. The van der Waals surface area contributed by atoms with Crippen LogP contribution in [0.25, 0.3) is 0 Å². The van der Waals surface area contributed by atoms with E-state index in [4.69, 9.17) is 14.9 Å². The van der Waals surface area contributed by atoms with Crippen molar-refractivity contribution in [2.24, 2.45) is 0 Å². The Kier molecular flexibility index (Phi) is 5.77. The Morgan fingerprint density at radius 3 is 2.55 bits per heavy atom. The highest BCUT2D eigenvalue weighted by Gasteiger charge is 2.22. The molecule has 0 aliphatic carbocycles. The van der Waals surface area contributed by atoms with Crippen LogP contribution >= 0.6 is 0 Å². The molecule has 1 aliphatic rings. The predicted octanol–water partition coefficient (Wildman–Crippen LogP) is 1.40. The Hall–Kier alpha value is -2.08. The van der Waals surface area contributed by atoms with Crippen LogP contribution in [0.3, 0.4) is 0 Å². The number of carbonyl (C=O) groups is 1. The smallest absolute Gasteiger partial charge is 0.353 e. The van der Waals surface area contributed by atoms with Crippen LogP contribution in [0.15, 0.2) is 24.3 Å². The molecule has 0 amide bonds. The summed E-state index contributed by atoms with van der Waals surface area (Å²) >= 11 is 0. The molecule has 0 bridgehead atoms. The average molecular weight is 305 g/mol. The monoisotopic (exact) mass is 305 g/mol.